The van der Waals surface area contributed by atoms with E-state index >= 15 is 0 Å². The van der Waals surface area contributed by atoms with Gasteiger partial charge in [0, 0.05) is 30.0 Å². The third-order valence-electron chi connectivity index (χ3n) is 5.32. The molecule has 0 radical (unpaired) electrons. The van der Waals surface area contributed by atoms with Crippen LogP contribution in [0.4, 0.5) is 4.39 Å². The van der Waals surface area contributed by atoms with Crippen LogP contribution in [-0.4, -0.2) is 35.6 Å². The second-order valence-corrected chi connectivity index (χ2v) is 7.07. The number of amides is 1. The van der Waals surface area contributed by atoms with Gasteiger partial charge >= 0.3 is 0 Å². The molecule has 144 valence electrons. The van der Waals surface area contributed by atoms with Crippen molar-refractivity contribution in [3.63, 3.8) is 0 Å². The Labute approximate surface area is 164 Å². The van der Waals surface area contributed by atoms with Crippen molar-refractivity contribution in [1.82, 2.24) is 9.47 Å². The van der Waals surface area contributed by atoms with Gasteiger partial charge in [-0.3, -0.25) is 4.79 Å². The number of carbonyl (C=O) groups excluding carboxylic acids is 1. The molecule has 5 heteroatoms. The number of aromatic nitrogens is 1. The predicted molar refractivity (Wildman–Crippen MR) is 108 cm³/mol. The Morgan fingerprint density at radius 1 is 1.04 bits per heavy atom. The molecule has 0 saturated carbocycles. The van der Waals surface area contributed by atoms with Crippen LogP contribution in [0.2, 0.25) is 0 Å². The lowest BCUT2D eigenvalue weighted by Gasteiger charge is -2.16. The first-order chi connectivity index (χ1) is 13.6. The maximum absolute atomic E-state index is 13.5. The lowest BCUT2D eigenvalue weighted by Crippen LogP contribution is -2.27. The van der Waals surface area contributed by atoms with Crippen molar-refractivity contribution >= 4 is 5.91 Å². The van der Waals surface area contributed by atoms with Crippen LogP contribution >= 0.6 is 0 Å². The maximum Gasteiger partial charge on any atom is 0.255 e. The van der Waals surface area contributed by atoms with Crippen molar-refractivity contribution in [2.24, 2.45) is 0 Å². The number of likely N-dealkylation sites (tertiary alicyclic amines) is 1. The van der Waals surface area contributed by atoms with E-state index in [1.54, 1.807) is 19.2 Å². The minimum Gasteiger partial charge on any atom is -0.497 e. The first-order valence-electron chi connectivity index (χ1n) is 9.50. The lowest BCUT2D eigenvalue weighted by atomic mass is 10.1. The number of hydrogen-bond acceptors (Lipinski definition) is 2. The molecule has 1 saturated heterocycles. The molecule has 28 heavy (non-hydrogen) atoms. The molecule has 1 aromatic heterocycles. The van der Waals surface area contributed by atoms with Crippen LogP contribution in [0.15, 0.2) is 54.6 Å². The van der Waals surface area contributed by atoms with E-state index in [2.05, 4.69) is 0 Å². The normalized spacial score (nSPS) is 13.8. The molecule has 0 atom stereocenters. The van der Waals surface area contributed by atoms with Gasteiger partial charge in [0.05, 0.1) is 18.4 Å². The zero-order chi connectivity index (χ0) is 19.7. The van der Waals surface area contributed by atoms with Crippen molar-refractivity contribution in [3.05, 3.63) is 71.7 Å². The van der Waals surface area contributed by atoms with E-state index in [0.717, 1.165) is 54.3 Å². The van der Waals surface area contributed by atoms with Crippen LogP contribution in [0.5, 0.6) is 5.75 Å². The summed E-state index contributed by atoms with van der Waals surface area (Å²) < 4.78 is 20.9. The number of methoxy groups -OCH3 is 1. The van der Waals surface area contributed by atoms with Gasteiger partial charge < -0.3 is 14.2 Å². The zero-order valence-electron chi connectivity index (χ0n) is 16.1. The standard InChI is InChI=1S/C23H23FN2O2/c1-16-21(23(27)25-12-3-4-13-25)15-22(17-6-5-7-20(14-17)28-2)26(16)19-10-8-18(24)9-11-19/h5-11,14-15H,3-4,12-13H2,1-2H3. The Morgan fingerprint density at radius 3 is 2.43 bits per heavy atom. The Kier molecular flexibility index (Phi) is 4.90. The van der Waals surface area contributed by atoms with E-state index in [4.69, 9.17) is 4.74 Å². The highest BCUT2D eigenvalue weighted by molar-refractivity contribution is 5.97. The van der Waals surface area contributed by atoms with E-state index in [1.807, 2.05) is 46.7 Å². The van der Waals surface area contributed by atoms with Gasteiger partial charge in [0.25, 0.3) is 5.91 Å². The van der Waals surface area contributed by atoms with Gasteiger partial charge in [-0.15, -0.1) is 0 Å². The average molecular weight is 378 g/mol. The Balaban J connectivity index is 1.88. The van der Waals surface area contributed by atoms with E-state index in [1.165, 1.54) is 12.1 Å². The second kappa shape index (κ2) is 7.50. The van der Waals surface area contributed by atoms with Crippen molar-refractivity contribution in [2.75, 3.05) is 20.2 Å². The van der Waals surface area contributed by atoms with E-state index in [0.29, 0.717) is 5.56 Å². The van der Waals surface area contributed by atoms with Gasteiger partial charge in [0.15, 0.2) is 0 Å². The van der Waals surface area contributed by atoms with Crippen molar-refractivity contribution in [2.45, 2.75) is 19.8 Å². The molecule has 0 bridgehead atoms. The molecule has 1 aliphatic rings. The molecule has 0 spiro atoms. The molecule has 0 N–H and O–H groups in total. The van der Waals surface area contributed by atoms with Gasteiger partial charge in [-0.1, -0.05) is 12.1 Å². The summed E-state index contributed by atoms with van der Waals surface area (Å²) >= 11 is 0. The Hall–Kier alpha value is -3.08. The number of benzene rings is 2. The summed E-state index contributed by atoms with van der Waals surface area (Å²) in [5, 5.41) is 0. The summed E-state index contributed by atoms with van der Waals surface area (Å²) in [6.07, 6.45) is 2.10. The van der Waals surface area contributed by atoms with Crippen molar-refractivity contribution in [1.29, 1.82) is 0 Å². The lowest BCUT2D eigenvalue weighted by molar-refractivity contribution is 0.0792. The molecule has 2 heterocycles. The molecule has 0 unspecified atom stereocenters. The average Bonchev–Trinajstić information content (AvgIpc) is 3.37. The highest BCUT2D eigenvalue weighted by atomic mass is 19.1. The predicted octanol–water partition coefficient (Wildman–Crippen LogP) is 4.84. The van der Waals surface area contributed by atoms with E-state index < -0.39 is 0 Å². The molecule has 1 fully saturated rings. The first-order valence-corrected chi connectivity index (χ1v) is 9.50. The Morgan fingerprint density at radius 2 is 1.75 bits per heavy atom. The quantitative estimate of drug-likeness (QED) is 0.651. The summed E-state index contributed by atoms with van der Waals surface area (Å²) in [7, 11) is 1.63. The molecular weight excluding hydrogens is 355 g/mol. The van der Waals surface area contributed by atoms with Crippen molar-refractivity contribution < 1.29 is 13.9 Å². The molecule has 4 nitrogen and oxygen atoms in total. The fraction of sp³-hybridized carbons (Fsp3) is 0.261. The molecule has 2 aromatic carbocycles. The van der Waals surface area contributed by atoms with Crippen LogP contribution in [-0.2, 0) is 0 Å². The highest BCUT2D eigenvalue weighted by Gasteiger charge is 2.25. The van der Waals surface area contributed by atoms with Crippen LogP contribution in [0.1, 0.15) is 28.9 Å². The van der Waals surface area contributed by atoms with Gasteiger partial charge in [-0.2, -0.15) is 0 Å². The maximum atomic E-state index is 13.5. The van der Waals surface area contributed by atoms with Crippen molar-refractivity contribution in [3.8, 4) is 22.7 Å². The largest absolute Gasteiger partial charge is 0.497 e. The zero-order valence-corrected chi connectivity index (χ0v) is 16.1. The summed E-state index contributed by atoms with van der Waals surface area (Å²) in [5.41, 5.74) is 4.17. The minimum absolute atomic E-state index is 0.0556. The van der Waals surface area contributed by atoms with Gasteiger partial charge in [0.2, 0.25) is 0 Å². The molecule has 3 aromatic rings. The number of rotatable bonds is 4. The van der Waals surface area contributed by atoms with Gasteiger partial charge in [0.1, 0.15) is 11.6 Å². The molecule has 4 rings (SSSR count). The third-order valence-corrected chi connectivity index (χ3v) is 5.32. The molecule has 0 aliphatic carbocycles. The summed E-state index contributed by atoms with van der Waals surface area (Å²) in [6, 6.07) is 16.0. The van der Waals surface area contributed by atoms with E-state index in [9.17, 15) is 9.18 Å². The number of nitrogens with zero attached hydrogens (tertiary/aromatic N) is 2. The Bertz CT molecular complexity index is 1000. The number of ether oxygens (including phenoxy) is 1. The second-order valence-electron chi connectivity index (χ2n) is 7.07. The monoisotopic (exact) mass is 378 g/mol. The summed E-state index contributed by atoms with van der Waals surface area (Å²) in [5.74, 6) is 0.513. The first kappa shape index (κ1) is 18.3. The SMILES string of the molecule is COc1cccc(-c2cc(C(=O)N3CCCC3)c(C)n2-c2ccc(F)cc2)c1. The van der Waals surface area contributed by atoms with Crippen LogP contribution in [0.3, 0.4) is 0 Å². The third kappa shape index (κ3) is 3.28. The molecule has 1 amide bonds. The van der Waals surface area contributed by atoms with Gasteiger partial charge in [-0.05, 0) is 62.2 Å². The van der Waals surface area contributed by atoms with Crippen LogP contribution < -0.4 is 4.74 Å². The fourth-order valence-electron chi connectivity index (χ4n) is 3.83. The number of hydrogen-bond donors (Lipinski definition) is 0. The molecular formula is C23H23FN2O2. The fourth-order valence-corrected chi connectivity index (χ4v) is 3.83. The van der Waals surface area contributed by atoms with Crippen LogP contribution in [0, 0.1) is 12.7 Å². The highest BCUT2D eigenvalue weighted by Crippen LogP contribution is 2.32. The topological polar surface area (TPSA) is 34.5 Å². The summed E-state index contributed by atoms with van der Waals surface area (Å²) in [6.45, 7) is 3.54. The minimum atomic E-state index is -0.287. The van der Waals surface area contributed by atoms with E-state index in [-0.39, 0.29) is 11.7 Å². The molecule has 1 aliphatic heterocycles. The number of carbonyl (C=O) groups is 1. The summed E-state index contributed by atoms with van der Waals surface area (Å²) in [4.78, 5) is 15.0. The van der Waals surface area contributed by atoms with Gasteiger partial charge in [-0.25, -0.2) is 4.39 Å². The smallest absolute Gasteiger partial charge is 0.255 e. The van der Waals surface area contributed by atoms with Crippen LogP contribution in [0.25, 0.3) is 16.9 Å². The number of halogens is 1.